The first-order chi connectivity index (χ1) is 9.78. The normalized spacial score (nSPS) is 23.6. The summed E-state index contributed by atoms with van der Waals surface area (Å²) in [4.78, 5) is 5.99. The number of aromatic nitrogens is 1. The van der Waals surface area contributed by atoms with E-state index < -0.39 is 0 Å². The minimum atomic E-state index is 0.429. The summed E-state index contributed by atoms with van der Waals surface area (Å²) in [5.74, 6) is 0. The number of nitrogens with two attached hydrogens (primary N) is 1. The topological polar surface area (TPSA) is 45.0 Å². The highest BCUT2D eigenvalue weighted by Crippen LogP contribution is 2.25. The molecule has 0 aliphatic heterocycles. The molecule has 1 fully saturated rings. The molecule has 0 saturated heterocycles. The fourth-order valence-electron chi connectivity index (χ4n) is 3.45. The van der Waals surface area contributed by atoms with Gasteiger partial charge in [-0.05, 0) is 43.9 Å². The SMILES string of the molecule is CCN(Cc1c[nH]c2ccccc12)C1CCC(N)CC1. The van der Waals surface area contributed by atoms with Gasteiger partial charge in [-0.15, -0.1) is 0 Å². The zero-order valence-electron chi connectivity index (χ0n) is 12.3. The second-order valence-electron chi connectivity index (χ2n) is 5.99. The minimum absolute atomic E-state index is 0.429. The molecule has 20 heavy (non-hydrogen) atoms. The lowest BCUT2D eigenvalue weighted by molar-refractivity contribution is 0.150. The summed E-state index contributed by atoms with van der Waals surface area (Å²) >= 11 is 0. The van der Waals surface area contributed by atoms with Crippen molar-refractivity contribution in [1.82, 2.24) is 9.88 Å². The summed E-state index contributed by atoms with van der Waals surface area (Å²) in [6, 6.07) is 9.70. The number of H-pyrrole nitrogens is 1. The van der Waals surface area contributed by atoms with Crippen LogP contribution in [0.3, 0.4) is 0 Å². The van der Waals surface area contributed by atoms with Gasteiger partial charge in [0.05, 0.1) is 0 Å². The molecule has 0 amide bonds. The van der Waals surface area contributed by atoms with E-state index >= 15 is 0 Å². The molecule has 3 heteroatoms. The van der Waals surface area contributed by atoms with Crippen molar-refractivity contribution in [3.05, 3.63) is 36.0 Å². The largest absolute Gasteiger partial charge is 0.361 e. The van der Waals surface area contributed by atoms with Gasteiger partial charge in [-0.3, -0.25) is 4.90 Å². The summed E-state index contributed by atoms with van der Waals surface area (Å²) < 4.78 is 0. The van der Waals surface area contributed by atoms with Crippen LogP contribution in [0.1, 0.15) is 38.2 Å². The van der Waals surface area contributed by atoms with Crippen molar-refractivity contribution in [1.29, 1.82) is 0 Å². The molecule has 3 rings (SSSR count). The van der Waals surface area contributed by atoms with E-state index in [1.165, 1.54) is 42.1 Å². The number of hydrogen-bond donors (Lipinski definition) is 2. The lowest BCUT2D eigenvalue weighted by Gasteiger charge is -2.35. The van der Waals surface area contributed by atoms with Crippen molar-refractivity contribution < 1.29 is 0 Å². The van der Waals surface area contributed by atoms with Crippen LogP contribution < -0.4 is 5.73 Å². The molecule has 1 aromatic carbocycles. The molecule has 108 valence electrons. The molecule has 0 unspecified atom stereocenters. The average Bonchev–Trinajstić information content (AvgIpc) is 2.89. The molecule has 1 saturated carbocycles. The summed E-state index contributed by atoms with van der Waals surface area (Å²) in [6.07, 6.45) is 7.01. The second-order valence-corrected chi connectivity index (χ2v) is 5.99. The summed E-state index contributed by atoms with van der Waals surface area (Å²) in [7, 11) is 0. The van der Waals surface area contributed by atoms with Gasteiger partial charge in [-0.2, -0.15) is 0 Å². The van der Waals surface area contributed by atoms with Gasteiger partial charge in [0.15, 0.2) is 0 Å². The van der Waals surface area contributed by atoms with Crippen LogP contribution >= 0.6 is 0 Å². The van der Waals surface area contributed by atoms with Gasteiger partial charge < -0.3 is 10.7 Å². The van der Waals surface area contributed by atoms with Crippen LogP contribution in [-0.2, 0) is 6.54 Å². The summed E-state index contributed by atoms with van der Waals surface area (Å²) in [6.45, 7) is 4.42. The molecule has 3 N–H and O–H groups in total. The highest BCUT2D eigenvalue weighted by atomic mass is 15.1. The maximum Gasteiger partial charge on any atom is 0.0457 e. The number of para-hydroxylation sites is 1. The number of fused-ring (bicyclic) bond motifs is 1. The van der Waals surface area contributed by atoms with Crippen LogP contribution in [0.15, 0.2) is 30.5 Å². The highest BCUT2D eigenvalue weighted by Gasteiger charge is 2.23. The number of nitrogens with one attached hydrogen (secondary N) is 1. The van der Waals surface area contributed by atoms with Crippen molar-refractivity contribution >= 4 is 10.9 Å². The predicted octanol–water partition coefficient (Wildman–Crippen LogP) is 3.26. The summed E-state index contributed by atoms with van der Waals surface area (Å²) in [5, 5.41) is 1.36. The Morgan fingerprint density at radius 1 is 1.20 bits per heavy atom. The van der Waals surface area contributed by atoms with E-state index in [0.29, 0.717) is 12.1 Å². The molecule has 0 atom stereocenters. The van der Waals surface area contributed by atoms with Crippen LogP contribution in [0.5, 0.6) is 0 Å². The van der Waals surface area contributed by atoms with E-state index in [4.69, 9.17) is 5.73 Å². The zero-order chi connectivity index (χ0) is 13.9. The Morgan fingerprint density at radius 2 is 1.95 bits per heavy atom. The maximum absolute atomic E-state index is 6.03. The quantitative estimate of drug-likeness (QED) is 0.896. The lowest BCUT2D eigenvalue weighted by Crippen LogP contribution is -2.40. The molecule has 0 radical (unpaired) electrons. The average molecular weight is 271 g/mol. The Balaban J connectivity index is 1.74. The molecule has 1 heterocycles. The summed E-state index contributed by atoms with van der Waals surface area (Å²) in [5.41, 5.74) is 8.68. The lowest BCUT2D eigenvalue weighted by atomic mass is 9.90. The van der Waals surface area contributed by atoms with Crippen LogP contribution in [0, 0.1) is 0 Å². The Labute approximate surface area is 121 Å². The number of aromatic amines is 1. The van der Waals surface area contributed by atoms with E-state index in [-0.39, 0.29) is 0 Å². The molecular weight excluding hydrogens is 246 g/mol. The number of benzene rings is 1. The monoisotopic (exact) mass is 271 g/mol. The molecule has 0 bridgehead atoms. The van der Waals surface area contributed by atoms with Gasteiger partial charge in [0.2, 0.25) is 0 Å². The molecule has 1 aliphatic carbocycles. The third-order valence-electron chi connectivity index (χ3n) is 4.71. The van der Waals surface area contributed by atoms with E-state index in [0.717, 1.165) is 13.1 Å². The number of nitrogens with zero attached hydrogens (tertiary/aromatic N) is 1. The van der Waals surface area contributed by atoms with Crippen molar-refractivity contribution in [3.8, 4) is 0 Å². The molecular formula is C17H25N3. The van der Waals surface area contributed by atoms with Gasteiger partial charge in [0, 0.05) is 35.7 Å². The first-order valence-electron chi connectivity index (χ1n) is 7.82. The number of rotatable bonds is 4. The van der Waals surface area contributed by atoms with Gasteiger partial charge in [-0.25, -0.2) is 0 Å². The first kappa shape index (κ1) is 13.7. The smallest absolute Gasteiger partial charge is 0.0457 e. The minimum Gasteiger partial charge on any atom is -0.361 e. The van der Waals surface area contributed by atoms with Crippen molar-refractivity contribution in [2.75, 3.05) is 6.54 Å². The molecule has 1 aromatic heterocycles. The van der Waals surface area contributed by atoms with Crippen LogP contribution in [0.2, 0.25) is 0 Å². The molecule has 2 aromatic rings. The Morgan fingerprint density at radius 3 is 2.70 bits per heavy atom. The van der Waals surface area contributed by atoms with Crippen LogP contribution in [0.4, 0.5) is 0 Å². The fraction of sp³-hybridized carbons (Fsp3) is 0.529. The van der Waals surface area contributed by atoms with Gasteiger partial charge >= 0.3 is 0 Å². The Hall–Kier alpha value is -1.32. The van der Waals surface area contributed by atoms with E-state index in [1.54, 1.807) is 0 Å². The Kier molecular flexibility index (Phi) is 4.08. The van der Waals surface area contributed by atoms with E-state index in [1.807, 2.05) is 0 Å². The van der Waals surface area contributed by atoms with Crippen molar-refractivity contribution in [2.45, 2.75) is 51.2 Å². The molecule has 3 nitrogen and oxygen atoms in total. The third kappa shape index (κ3) is 2.74. The standard InChI is InChI=1S/C17H25N3/c1-2-20(15-9-7-14(18)8-10-15)12-13-11-19-17-6-4-3-5-16(13)17/h3-6,11,14-15,19H,2,7-10,12,18H2,1H3. The number of hydrogen-bond acceptors (Lipinski definition) is 2. The van der Waals surface area contributed by atoms with Crippen molar-refractivity contribution in [2.24, 2.45) is 5.73 Å². The van der Waals surface area contributed by atoms with Gasteiger partial charge in [-0.1, -0.05) is 25.1 Å². The molecule has 1 aliphatic rings. The van der Waals surface area contributed by atoms with Crippen molar-refractivity contribution in [3.63, 3.8) is 0 Å². The van der Waals surface area contributed by atoms with Gasteiger partial charge in [0.25, 0.3) is 0 Å². The first-order valence-corrected chi connectivity index (χ1v) is 7.82. The zero-order valence-corrected chi connectivity index (χ0v) is 12.3. The Bertz CT molecular complexity index is 552. The fourth-order valence-corrected chi connectivity index (χ4v) is 3.45. The maximum atomic E-state index is 6.03. The highest BCUT2D eigenvalue weighted by molar-refractivity contribution is 5.82. The van der Waals surface area contributed by atoms with E-state index in [9.17, 15) is 0 Å². The molecule has 0 spiro atoms. The van der Waals surface area contributed by atoms with Gasteiger partial charge in [0.1, 0.15) is 0 Å². The second kappa shape index (κ2) is 5.98. The van der Waals surface area contributed by atoms with E-state index in [2.05, 4.69) is 47.3 Å². The van der Waals surface area contributed by atoms with Crippen LogP contribution in [0.25, 0.3) is 10.9 Å². The predicted molar refractivity (Wildman–Crippen MR) is 84.6 cm³/mol. The van der Waals surface area contributed by atoms with Crippen LogP contribution in [-0.4, -0.2) is 28.5 Å². The third-order valence-corrected chi connectivity index (χ3v) is 4.71.